The van der Waals surface area contributed by atoms with Gasteiger partial charge in [-0.05, 0) is 12.1 Å². The highest BCUT2D eigenvalue weighted by atomic mass is 16.5. The van der Waals surface area contributed by atoms with E-state index in [9.17, 15) is 9.90 Å². The molecule has 6 nitrogen and oxygen atoms in total. The largest absolute Gasteiger partial charge is 0.477 e. The summed E-state index contributed by atoms with van der Waals surface area (Å²) in [7, 11) is 0. The Morgan fingerprint density at radius 3 is 3.11 bits per heavy atom. The molecule has 0 unspecified atom stereocenters. The van der Waals surface area contributed by atoms with Crippen molar-refractivity contribution in [2.45, 2.75) is 12.6 Å². The molecule has 98 valence electrons. The molecule has 1 aromatic rings. The first-order chi connectivity index (χ1) is 8.70. The average molecular weight is 252 g/mol. The highest BCUT2D eigenvalue weighted by Gasteiger charge is 2.22. The number of rotatable bonds is 4. The summed E-state index contributed by atoms with van der Waals surface area (Å²) < 4.78 is 5.29. The Hall–Kier alpha value is -1.50. The van der Waals surface area contributed by atoms with Crippen LogP contribution in [0.15, 0.2) is 18.2 Å². The first-order valence-corrected chi connectivity index (χ1v) is 5.82. The minimum absolute atomic E-state index is 0.0264. The molecule has 1 fully saturated rings. The summed E-state index contributed by atoms with van der Waals surface area (Å²) in [5.74, 6) is -1.03. The van der Waals surface area contributed by atoms with Crippen molar-refractivity contribution in [3.63, 3.8) is 0 Å². The molecule has 1 saturated heterocycles. The van der Waals surface area contributed by atoms with Crippen molar-refractivity contribution in [2.24, 2.45) is 0 Å². The van der Waals surface area contributed by atoms with E-state index in [-0.39, 0.29) is 18.3 Å². The Morgan fingerprint density at radius 2 is 2.39 bits per heavy atom. The Morgan fingerprint density at radius 1 is 1.56 bits per heavy atom. The second-order valence-corrected chi connectivity index (χ2v) is 4.20. The lowest BCUT2D eigenvalue weighted by atomic mass is 10.2. The summed E-state index contributed by atoms with van der Waals surface area (Å²) in [6, 6.07) is 4.89. The number of hydrogen-bond donors (Lipinski definition) is 2. The van der Waals surface area contributed by atoms with Gasteiger partial charge in [-0.25, -0.2) is 9.78 Å². The molecule has 0 amide bonds. The van der Waals surface area contributed by atoms with Gasteiger partial charge in [0.25, 0.3) is 0 Å². The molecule has 2 N–H and O–H groups in total. The number of hydrogen-bond acceptors (Lipinski definition) is 5. The van der Waals surface area contributed by atoms with Crippen LogP contribution in [0.25, 0.3) is 0 Å². The van der Waals surface area contributed by atoms with Crippen LogP contribution in [0.2, 0.25) is 0 Å². The number of nitrogens with zero attached hydrogens (tertiary/aromatic N) is 2. The normalized spacial score (nSPS) is 20.8. The zero-order chi connectivity index (χ0) is 13.0. The summed E-state index contributed by atoms with van der Waals surface area (Å²) in [6.07, 6.45) is 0. The highest BCUT2D eigenvalue weighted by Crippen LogP contribution is 2.11. The number of ether oxygens (including phenoxy) is 1. The summed E-state index contributed by atoms with van der Waals surface area (Å²) in [5, 5.41) is 18.1. The van der Waals surface area contributed by atoms with Gasteiger partial charge in [0.15, 0.2) is 0 Å². The zero-order valence-electron chi connectivity index (χ0n) is 9.95. The van der Waals surface area contributed by atoms with Gasteiger partial charge in [-0.2, -0.15) is 0 Å². The van der Waals surface area contributed by atoms with Gasteiger partial charge in [0, 0.05) is 13.1 Å². The Balaban J connectivity index is 2.07. The maximum absolute atomic E-state index is 10.8. The van der Waals surface area contributed by atoms with Gasteiger partial charge in [0.2, 0.25) is 0 Å². The van der Waals surface area contributed by atoms with Gasteiger partial charge in [0.05, 0.1) is 31.6 Å². The fraction of sp³-hybridized carbons (Fsp3) is 0.500. The fourth-order valence-corrected chi connectivity index (χ4v) is 1.96. The van der Waals surface area contributed by atoms with E-state index in [4.69, 9.17) is 9.84 Å². The van der Waals surface area contributed by atoms with Gasteiger partial charge in [-0.1, -0.05) is 6.07 Å². The highest BCUT2D eigenvalue weighted by molar-refractivity contribution is 5.85. The van der Waals surface area contributed by atoms with E-state index in [1.807, 2.05) is 0 Å². The molecule has 1 aromatic heterocycles. The molecule has 0 bridgehead atoms. The third kappa shape index (κ3) is 3.04. The van der Waals surface area contributed by atoms with E-state index in [1.54, 1.807) is 12.1 Å². The van der Waals surface area contributed by atoms with Crippen LogP contribution >= 0.6 is 0 Å². The van der Waals surface area contributed by atoms with Crippen LogP contribution in [0.3, 0.4) is 0 Å². The lowest BCUT2D eigenvalue weighted by molar-refractivity contribution is -0.0317. The smallest absolute Gasteiger partial charge is 0.354 e. The number of aromatic nitrogens is 1. The summed E-state index contributed by atoms with van der Waals surface area (Å²) in [6.45, 7) is 2.38. The van der Waals surface area contributed by atoms with Crippen molar-refractivity contribution in [1.82, 2.24) is 9.88 Å². The zero-order valence-corrected chi connectivity index (χ0v) is 9.95. The van der Waals surface area contributed by atoms with Crippen molar-refractivity contribution in [3.8, 4) is 0 Å². The quantitative estimate of drug-likeness (QED) is 0.783. The van der Waals surface area contributed by atoms with E-state index >= 15 is 0 Å². The molecule has 1 aliphatic heterocycles. The first-order valence-electron chi connectivity index (χ1n) is 5.82. The Kier molecular flexibility index (Phi) is 4.24. The summed E-state index contributed by atoms with van der Waals surface area (Å²) in [4.78, 5) is 17.0. The number of carboxylic acid groups (broad SMARTS) is 1. The van der Waals surface area contributed by atoms with Gasteiger partial charge < -0.3 is 14.9 Å². The summed E-state index contributed by atoms with van der Waals surface area (Å²) in [5.41, 5.74) is 0.733. The molecule has 18 heavy (non-hydrogen) atoms. The van der Waals surface area contributed by atoms with Crippen LogP contribution in [0.4, 0.5) is 0 Å². The van der Waals surface area contributed by atoms with Crippen LogP contribution in [0.5, 0.6) is 0 Å². The summed E-state index contributed by atoms with van der Waals surface area (Å²) >= 11 is 0. The van der Waals surface area contributed by atoms with Crippen molar-refractivity contribution < 1.29 is 19.7 Å². The monoisotopic (exact) mass is 252 g/mol. The minimum Gasteiger partial charge on any atom is -0.477 e. The number of pyridine rings is 1. The average Bonchev–Trinajstić information content (AvgIpc) is 2.39. The molecule has 0 aliphatic carbocycles. The molecule has 1 atom stereocenters. The molecule has 0 saturated carbocycles. The first kappa shape index (κ1) is 12.9. The maximum atomic E-state index is 10.8. The third-order valence-electron chi connectivity index (χ3n) is 2.95. The van der Waals surface area contributed by atoms with Crippen molar-refractivity contribution in [1.29, 1.82) is 0 Å². The van der Waals surface area contributed by atoms with Gasteiger partial charge in [-0.3, -0.25) is 4.90 Å². The topological polar surface area (TPSA) is 82.9 Å². The van der Waals surface area contributed by atoms with Gasteiger partial charge in [-0.15, -0.1) is 0 Å². The van der Waals surface area contributed by atoms with Crippen LogP contribution in [-0.2, 0) is 11.3 Å². The van der Waals surface area contributed by atoms with Gasteiger partial charge >= 0.3 is 5.97 Å². The number of morpholine rings is 1. The van der Waals surface area contributed by atoms with Crippen LogP contribution in [0, 0.1) is 0 Å². The number of carbonyl (C=O) groups is 1. The number of aromatic carboxylic acids is 1. The Bertz CT molecular complexity index is 424. The molecule has 0 aromatic carbocycles. The molecular formula is C12H16N2O4. The maximum Gasteiger partial charge on any atom is 0.354 e. The van der Waals surface area contributed by atoms with Crippen molar-refractivity contribution >= 4 is 5.97 Å². The lowest BCUT2D eigenvalue weighted by Gasteiger charge is -2.34. The predicted molar refractivity (Wildman–Crippen MR) is 63.3 cm³/mol. The van der Waals surface area contributed by atoms with Crippen LogP contribution < -0.4 is 0 Å². The van der Waals surface area contributed by atoms with E-state index in [1.165, 1.54) is 6.07 Å². The number of aliphatic hydroxyl groups excluding tert-OH is 1. The molecule has 0 spiro atoms. The van der Waals surface area contributed by atoms with Gasteiger partial charge in [0.1, 0.15) is 5.69 Å². The van der Waals surface area contributed by atoms with Crippen LogP contribution in [0.1, 0.15) is 16.2 Å². The standard InChI is InChI=1S/C12H16N2O4/c15-7-10-8-18-5-4-14(10)6-9-2-1-3-11(13-9)12(16)17/h1-3,10,15H,4-8H2,(H,16,17)/t10-/m1/s1. The number of aliphatic hydroxyl groups is 1. The molecule has 0 radical (unpaired) electrons. The number of carboxylic acids is 1. The fourth-order valence-electron chi connectivity index (χ4n) is 1.96. The lowest BCUT2D eigenvalue weighted by Crippen LogP contribution is -2.47. The molecule has 1 aliphatic rings. The molecule has 2 heterocycles. The second kappa shape index (κ2) is 5.90. The van der Waals surface area contributed by atoms with Crippen LogP contribution in [-0.4, -0.2) is 58.5 Å². The van der Waals surface area contributed by atoms with E-state index in [0.29, 0.717) is 32.0 Å². The van der Waals surface area contributed by atoms with E-state index < -0.39 is 5.97 Å². The third-order valence-corrected chi connectivity index (χ3v) is 2.95. The second-order valence-electron chi connectivity index (χ2n) is 4.20. The van der Waals surface area contributed by atoms with E-state index in [2.05, 4.69) is 9.88 Å². The minimum atomic E-state index is -1.03. The predicted octanol–water partition coefficient (Wildman–Crippen LogP) is -0.0271. The molecule has 6 heteroatoms. The van der Waals surface area contributed by atoms with Crippen molar-refractivity contribution in [3.05, 3.63) is 29.6 Å². The Labute approximate surface area is 105 Å². The molecule has 2 rings (SSSR count). The SMILES string of the molecule is O=C(O)c1cccc(CN2CCOC[C@H]2CO)n1. The molecular weight excluding hydrogens is 236 g/mol. The van der Waals surface area contributed by atoms with E-state index in [0.717, 1.165) is 0 Å². The van der Waals surface area contributed by atoms with Crippen molar-refractivity contribution in [2.75, 3.05) is 26.4 Å².